The smallest absolute Gasteiger partial charge is 0.309 e. The van der Waals surface area contributed by atoms with Gasteiger partial charge < -0.3 is 59.0 Å². The summed E-state index contributed by atoms with van der Waals surface area (Å²) in [6, 6.07) is 6.09. The van der Waals surface area contributed by atoms with E-state index in [2.05, 4.69) is 20.6 Å². The van der Waals surface area contributed by atoms with Crippen LogP contribution in [0, 0.1) is 23.7 Å². The monoisotopic (exact) mass is 1020 g/mol. The molecule has 3 aliphatic rings. The van der Waals surface area contributed by atoms with Crippen molar-refractivity contribution in [2.75, 3.05) is 41.0 Å². The fourth-order valence-corrected chi connectivity index (χ4v) is 11.9. The largest absolute Gasteiger partial charge is 0.459 e. The third kappa shape index (κ3) is 12.9. The van der Waals surface area contributed by atoms with Crippen molar-refractivity contribution in [3.05, 3.63) is 54.1 Å². The molecule has 5 N–H and O–H groups in total. The number of aliphatic hydroxyl groups is 5. The highest BCUT2D eigenvalue weighted by Gasteiger charge is 2.55. The van der Waals surface area contributed by atoms with Crippen molar-refractivity contribution in [2.45, 2.75) is 198 Å². The molecule has 72 heavy (non-hydrogen) atoms. The number of hydrogen-bond acceptors (Lipinski definition) is 17. The fraction of sp³-hybridized carbons (Fsp3) is 0.788. The molecule has 20 heteroatoms. The van der Waals surface area contributed by atoms with Crippen molar-refractivity contribution in [1.82, 2.24) is 39.8 Å². The molecule has 6 rings (SSSR count). The number of benzene rings is 1. The molecule has 3 aliphatic heterocycles. The van der Waals surface area contributed by atoms with Gasteiger partial charge in [-0.1, -0.05) is 50.3 Å². The van der Waals surface area contributed by atoms with Crippen LogP contribution in [0.2, 0.25) is 0 Å². The van der Waals surface area contributed by atoms with Gasteiger partial charge in [0.15, 0.2) is 6.29 Å². The summed E-state index contributed by atoms with van der Waals surface area (Å²) < 4.78 is 49.9. The number of aliphatic hydroxyl groups excluding tert-OH is 3. The maximum Gasteiger partial charge on any atom is 0.309 e. The van der Waals surface area contributed by atoms with E-state index in [1.54, 1.807) is 69.5 Å². The first-order chi connectivity index (χ1) is 33.8. The number of alkyl halides is 1. The normalized spacial score (nSPS) is 39.6. The van der Waals surface area contributed by atoms with E-state index in [0.29, 0.717) is 38.0 Å². The summed E-state index contributed by atoms with van der Waals surface area (Å²) in [6.45, 7) is 18.1. The van der Waals surface area contributed by atoms with Crippen LogP contribution in [-0.4, -0.2) is 196 Å². The number of cyclic esters (lactones) is 1. The Morgan fingerprint density at radius 1 is 0.986 bits per heavy atom. The predicted octanol–water partition coefficient (Wildman–Crippen LogP) is 3.71. The van der Waals surface area contributed by atoms with Gasteiger partial charge in [-0.3, -0.25) is 4.79 Å². The van der Waals surface area contributed by atoms with Crippen molar-refractivity contribution in [1.29, 1.82) is 0 Å². The predicted molar refractivity (Wildman–Crippen MR) is 266 cm³/mol. The van der Waals surface area contributed by atoms with Gasteiger partial charge in [0.25, 0.3) is 0 Å². The number of ether oxygens (including phenoxy) is 5. The number of carbonyl (C=O) groups is 1. The fourth-order valence-electron chi connectivity index (χ4n) is 11.9. The van der Waals surface area contributed by atoms with Crippen LogP contribution < -0.4 is 0 Å². The lowest BCUT2D eigenvalue weighted by atomic mass is 9.68. The molecule has 0 amide bonds. The highest BCUT2D eigenvalue weighted by atomic mass is 19.1. The van der Waals surface area contributed by atoms with Gasteiger partial charge in [0.1, 0.15) is 36.7 Å². The van der Waals surface area contributed by atoms with Gasteiger partial charge in [0, 0.05) is 57.2 Å². The maximum atomic E-state index is 14.6. The summed E-state index contributed by atoms with van der Waals surface area (Å²) in [5.74, 6) is -3.22. The zero-order valence-corrected chi connectivity index (χ0v) is 44.8. The first-order valence-electron chi connectivity index (χ1n) is 25.9. The van der Waals surface area contributed by atoms with Gasteiger partial charge in [-0.15, -0.1) is 10.2 Å². The summed E-state index contributed by atoms with van der Waals surface area (Å²) in [5.41, 5.74) is -2.06. The molecule has 3 aromatic rings. The van der Waals surface area contributed by atoms with Crippen LogP contribution in [0.25, 0.3) is 5.69 Å². The quantitative estimate of drug-likeness (QED) is 0.145. The highest BCUT2D eigenvalue weighted by Crippen LogP contribution is 2.45. The topological polar surface area (TPSA) is 232 Å². The molecule has 406 valence electrons. The van der Waals surface area contributed by atoms with Crippen molar-refractivity contribution in [3.8, 4) is 5.69 Å². The summed E-state index contributed by atoms with van der Waals surface area (Å²) in [7, 11) is 5.28. The Morgan fingerprint density at radius 3 is 2.31 bits per heavy atom. The van der Waals surface area contributed by atoms with Gasteiger partial charge in [0.05, 0.1) is 71.4 Å². The van der Waals surface area contributed by atoms with Gasteiger partial charge >= 0.3 is 5.97 Å². The molecule has 2 aromatic heterocycles. The number of esters is 1. The van der Waals surface area contributed by atoms with Crippen LogP contribution in [0.1, 0.15) is 112 Å². The minimum atomic E-state index is -1.82. The van der Waals surface area contributed by atoms with Gasteiger partial charge in [-0.25, -0.2) is 13.8 Å². The molecular formula is C52H85FN8O11. The second-order valence-electron chi connectivity index (χ2n) is 22.2. The standard InChI is InChI=1S/C52H85FN8O11/c1-14-42-52(10,67)45(63)34(6)59(12)28-30(2)25-50(8,66)47(32(4)43(33(5)48(65)71-42)41-26-51(9,68-13)46(64)35(7)70-41)72-49-44(62)40(23-31(3)69-49)58(11)21-19-37-29-61(57-55-37)39(27-53)24-36-15-17-38(18-16-36)60-22-20-54-56-60/h15-18,20,22,29-35,39-47,49,62-64,66-67H,14,19,21,23-28H2,1-13H3/t30-,31-,32+,33-,34-,35+,39+,40+,41?,42-,43+,44-,45-,46+,47-,49+,50-,51-,52-/m1/s1. The number of likely N-dealkylation sites (N-methyl/N-ethyl adjacent to an activating group) is 2. The lowest BCUT2D eigenvalue weighted by Crippen LogP contribution is -2.62. The van der Waals surface area contributed by atoms with Crippen molar-refractivity contribution in [3.63, 3.8) is 0 Å². The van der Waals surface area contributed by atoms with Crippen LogP contribution in [0.5, 0.6) is 0 Å². The molecule has 0 spiro atoms. The molecule has 3 fully saturated rings. The van der Waals surface area contributed by atoms with Crippen molar-refractivity contribution in [2.24, 2.45) is 23.7 Å². The molecule has 3 saturated heterocycles. The first-order valence-corrected chi connectivity index (χ1v) is 25.9. The van der Waals surface area contributed by atoms with E-state index in [0.717, 1.165) is 11.3 Å². The van der Waals surface area contributed by atoms with Crippen LogP contribution in [0.15, 0.2) is 42.9 Å². The Labute approximate surface area is 425 Å². The molecule has 5 heterocycles. The lowest BCUT2D eigenvalue weighted by Gasteiger charge is -2.51. The molecule has 0 bridgehead atoms. The highest BCUT2D eigenvalue weighted by molar-refractivity contribution is 5.73. The third-order valence-corrected chi connectivity index (χ3v) is 16.4. The number of hydrogen-bond donors (Lipinski definition) is 5. The average molecular weight is 1020 g/mol. The number of aromatic nitrogens is 6. The Morgan fingerprint density at radius 2 is 1.68 bits per heavy atom. The summed E-state index contributed by atoms with van der Waals surface area (Å²) in [6.07, 6.45) is -1.62. The molecule has 0 aliphatic carbocycles. The number of methoxy groups -OCH3 is 1. The molecule has 1 unspecified atom stereocenters. The SMILES string of the molecule is CC[C@H]1OC(=O)[C@H](C)[C@@H](C2C[C@@](C)(OC)[C@@H](O)[C@H](C)O2)[C@H](C)[C@@H](O[C@@H]2O[C@H](C)C[C@H](N(C)CCc3cn([C@H](CF)Cc4ccc(-n5ccnn5)cc4)nn3)[C@H]2O)[C@](C)(O)C[C@@H](C)CN(C)[C@H](C)[C@@H](O)[C@]1(C)O. The average Bonchev–Trinajstić information content (AvgIpc) is 4.06. The Balaban J connectivity index is 1.26. The minimum Gasteiger partial charge on any atom is -0.459 e. The second kappa shape index (κ2) is 24.0. The number of halogens is 1. The molecule has 19 atom stereocenters. The van der Waals surface area contributed by atoms with Crippen LogP contribution in [0.3, 0.4) is 0 Å². The van der Waals surface area contributed by atoms with Crippen LogP contribution in [-0.2, 0) is 41.3 Å². The number of rotatable bonds is 14. The molecule has 1 aromatic carbocycles. The molecular weight excluding hydrogens is 932 g/mol. The van der Waals surface area contributed by atoms with E-state index in [1.807, 2.05) is 68.9 Å². The van der Waals surface area contributed by atoms with E-state index in [1.165, 1.54) is 14.0 Å². The van der Waals surface area contributed by atoms with Gasteiger partial charge in [-0.05, 0) is 111 Å². The lowest BCUT2D eigenvalue weighted by molar-refractivity contribution is -0.302. The number of carbonyl (C=O) groups excluding carboxylic acids is 1. The van der Waals surface area contributed by atoms with Crippen molar-refractivity contribution < 1.29 is 58.4 Å². The van der Waals surface area contributed by atoms with E-state index < -0.39 is 114 Å². The summed E-state index contributed by atoms with van der Waals surface area (Å²) >= 11 is 0. The summed E-state index contributed by atoms with van der Waals surface area (Å²) in [4.78, 5) is 18.6. The number of nitrogens with zero attached hydrogens (tertiary/aromatic N) is 8. The first kappa shape index (κ1) is 57.7. The molecule has 0 radical (unpaired) electrons. The minimum absolute atomic E-state index is 0.178. The van der Waals surface area contributed by atoms with E-state index in [-0.39, 0.29) is 31.3 Å². The van der Waals surface area contributed by atoms with Crippen LogP contribution >= 0.6 is 0 Å². The molecule has 19 nitrogen and oxygen atoms in total. The van der Waals surface area contributed by atoms with Crippen molar-refractivity contribution >= 4 is 5.97 Å². The Kier molecular flexibility index (Phi) is 19.2. The van der Waals surface area contributed by atoms with E-state index in [4.69, 9.17) is 23.7 Å². The summed E-state index contributed by atoms with van der Waals surface area (Å²) in [5, 5.41) is 76.7. The Bertz CT molecular complexity index is 2150. The maximum absolute atomic E-state index is 14.6. The second-order valence-corrected chi connectivity index (χ2v) is 22.2. The Hall–Kier alpha value is -3.54. The zero-order chi connectivity index (χ0) is 53.0. The van der Waals surface area contributed by atoms with Gasteiger partial charge in [-0.2, -0.15) is 0 Å². The zero-order valence-electron chi connectivity index (χ0n) is 44.8. The molecule has 0 saturated carbocycles. The van der Waals surface area contributed by atoms with Crippen LogP contribution in [0.4, 0.5) is 4.39 Å². The van der Waals surface area contributed by atoms with E-state index in [9.17, 15) is 34.7 Å². The third-order valence-electron chi connectivity index (χ3n) is 16.4. The van der Waals surface area contributed by atoms with E-state index >= 15 is 0 Å². The van der Waals surface area contributed by atoms with Gasteiger partial charge in [0.2, 0.25) is 0 Å².